The zero-order chi connectivity index (χ0) is 12.2. The lowest BCUT2D eigenvalue weighted by Crippen LogP contribution is -2.46. The number of nitrogens with one attached hydrogen (secondary N) is 1. The van der Waals surface area contributed by atoms with E-state index >= 15 is 0 Å². The summed E-state index contributed by atoms with van der Waals surface area (Å²) in [6, 6.07) is 0.0185. The quantitative estimate of drug-likeness (QED) is 0.759. The van der Waals surface area contributed by atoms with Gasteiger partial charge in [0.15, 0.2) is 0 Å². The molecular weight excluding hydrogens is 292 g/mol. The first kappa shape index (κ1) is 14.4. The minimum absolute atomic E-state index is 0.0185. The number of rotatable bonds is 6. The van der Waals surface area contributed by atoms with Crippen molar-refractivity contribution in [2.24, 2.45) is 5.92 Å². The van der Waals surface area contributed by atoms with Crippen LogP contribution in [-0.2, 0) is 10.2 Å². The summed E-state index contributed by atoms with van der Waals surface area (Å²) >= 11 is 3.36. The molecule has 1 heterocycles. The summed E-state index contributed by atoms with van der Waals surface area (Å²) in [5.41, 5.74) is 0. The SMILES string of the molecule is CC(C)C(CCBr)NS(=O)(=O)N1CCCC1. The van der Waals surface area contributed by atoms with Crippen LogP contribution >= 0.6 is 15.9 Å². The van der Waals surface area contributed by atoms with Crippen LogP contribution < -0.4 is 4.72 Å². The first-order chi connectivity index (χ1) is 7.47. The van der Waals surface area contributed by atoms with E-state index in [1.165, 1.54) is 0 Å². The lowest BCUT2D eigenvalue weighted by Gasteiger charge is -2.24. The molecule has 1 rings (SSSR count). The highest BCUT2D eigenvalue weighted by molar-refractivity contribution is 9.09. The van der Waals surface area contributed by atoms with Gasteiger partial charge in [-0.05, 0) is 25.2 Å². The van der Waals surface area contributed by atoms with Gasteiger partial charge in [0.05, 0.1) is 0 Å². The molecule has 1 saturated heterocycles. The molecule has 0 radical (unpaired) electrons. The maximum atomic E-state index is 12.0. The fourth-order valence-corrected chi connectivity index (χ4v) is 3.99. The lowest BCUT2D eigenvalue weighted by atomic mass is 10.0. The molecule has 0 aliphatic carbocycles. The molecule has 0 spiro atoms. The van der Waals surface area contributed by atoms with Gasteiger partial charge >= 0.3 is 0 Å². The van der Waals surface area contributed by atoms with Gasteiger partial charge in [-0.3, -0.25) is 0 Å². The fourth-order valence-electron chi connectivity index (χ4n) is 1.84. The fraction of sp³-hybridized carbons (Fsp3) is 1.00. The molecule has 96 valence electrons. The Balaban J connectivity index is 2.61. The molecule has 0 saturated carbocycles. The highest BCUT2D eigenvalue weighted by atomic mass is 79.9. The maximum absolute atomic E-state index is 12.0. The van der Waals surface area contributed by atoms with E-state index in [9.17, 15) is 8.42 Å². The largest absolute Gasteiger partial charge is 0.279 e. The van der Waals surface area contributed by atoms with Crippen LogP contribution in [-0.4, -0.2) is 37.2 Å². The normalized spacial score (nSPS) is 20.5. The molecule has 0 bridgehead atoms. The molecule has 4 nitrogen and oxygen atoms in total. The van der Waals surface area contributed by atoms with E-state index in [1.807, 2.05) is 13.8 Å². The van der Waals surface area contributed by atoms with Crippen LogP contribution in [0.15, 0.2) is 0 Å². The Hall–Kier alpha value is 0.350. The summed E-state index contributed by atoms with van der Waals surface area (Å²) < 4.78 is 28.4. The second kappa shape index (κ2) is 6.33. The van der Waals surface area contributed by atoms with E-state index in [1.54, 1.807) is 4.31 Å². The molecule has 1 atom stereocenters. The van der Waals surface area contributed by atoms with Crippen LogP contribution in [0.25, 0.3) is 0 Å². The van der Waals surface area contributed by atoms with Gasteiger partial charge < -0.3 is 0 Å². The summed E-state index contributed by atoms with van der Waals surface area (Å²) in [6.07, 6.45) is 2.78. The molecule has 1 aliphatic rings. The minimum atomic E-state index is -3.26. The van der Waals surface area contributed by atoms with Gasteiger partial charge in [-0.15, -0.1) is 0 Å². The van der Waals surface area contributed by atoms with Crippen molar-refractivity contribution in [3.63, 3.8) is 0 Å². The van der Waals surface area contributed by atoms with Crippen molar-refractivity contribution in [1.82, 2.24) is 9.03 Å². The van der Waals surface area contributed by atoms with Crippen LogP contribution in [0.1, 0.15) is 33.1 Å². The third-order valence-corrected chi connectivity index (χ3v) is 5.03. The Morgan fingerprint density at radius 3 is 2.31 bits per heavy atom. The second-order valence-electron chi connectivity index (χ2n) is 4.56. The highest BCUT2D eigenvalue weighted by Crippen LogP contribution is 2.15. The van der Waals surface area contributed by atoms with Crippen molar-refractivity contribution in [2.45, 2.75) is 39.2 Å². The topological polar surface area (TPSA) is 49.4 Å². The first-order valence-corrected chi connectivity index (χ1v) is 8.37. The van der Waals surface area contributed by atoms with Gasteiger partial charge in [0.1, 0.15) is 0 Å². The number of hydrogen-bond acceptors (Lipinski definition) is 2. The van der Waals surface area contributed by atoms with E-state index in [2.05, 4.69) is 20.7 Å². The first-order valence-electron chi connectivity index (χ1n) is 5.80. The number of nitrogens with zero attached hydrogens (tertiary/aromatic N) is 1. The van der Waals surface area contributed by atoms with E-state index in [4.69, 9.17) is 0 Å². The summed E-state index contributed by atoms with van der Waals surface area (Å²) in [7, 11) is -3.26. The van der Waals surface area contributed by atoms with Crippen molar-refractivity contribution in [1.29, 1.82) is 0 Å². The van der Waals surface area contributed by atoms with Gasteiger partial charge in [0.25, 0.3) is 10.2 Å². The van der Waals surface area contributed by atoms with Gasteiger partial charge in [-0.2, -0.15) is 17.4 Å². The average Bonchev–Trinajstić information content (AvgIpc) is 2.69. The molecule has 6 heteroatoms. The predicted molar refractivity (Wildman–Crippen MR) is 69.9 cm³/mol. The molecule has 1 unspecified atom stereocenters. The number of hydrogen-bond donors (Lipinski definition) is 1. The third-order valence-electron chi connectivity index (χ3n) is 2.93. The van der Waals surface area contributed by atoms with Gasteiger partial charge in [0.2, 0.25) is 0 Å². The van der Waals surface area contributed by atoms with Crippen LogP contribution in [0.2, 0.25) is 0 Å². The number of alkyl halides is 1. The molecule has 16 heavy (non-hydrogen) atoms. The summed E-state index contributed by atoms with van der Waals surface area (Å²) in [4.78, 5) is 0. The summed E-state index contributed by atoms with van der Waals surface area (Å²) in [6.45, 7) is 5.41. The molecule has 0 aromatic heterocycles. The standard InChI is InChI=1S/C10H21BrN2O2S/c1-9(2)10(5-6-11)12-16(14,15)13-7-3-4-8-13/h9-10,12H,3-8H2,1-2H3. The molecule has 1 N–H and O–H groups in total. The van der Waals surface area contributed by atoms with Crippen LogP contribution in [0.5, 0.6) is 0 Å². The Morgan fingerprint density at radius 1 is 1.31 bits per heavy atom. The Labute approximate surface area is 107 Å². The van der Waals surface area contributed by atoms with Gasteiger partial charge in [-0.25, -0.2) is 0 Å². The Bertz CT molecular complexity index is 300. The molecular formula is C10H21BrN2O2S. The molecule has 0 aromatic rings. The van der Waals surface area contributed by atoms with Gasteiger partial charge in [0, 0.05) is 24.5 Å². The monoisotopic (exact) mass is 312 g/mol. The van der Waals surface area contributed by atoms with Crippen molar-refractivity contribution < 1.29 is 8.42 Å². The van der Waals surface area contributed by atoms with E-state index in [0.29, 0.717) is 19.0 Å². The maximum Gasteiger partial charge on any atom is 0.279 e. The zero-order valence-corrected chi connectivity index (χ0v) is 12.3. The second-order valence-corrected chi connectivity index (χ2v) is 7.05. The highest BCUT2D eigenvalue weighted by Gasteiger charge is 2.28. The third kappa shape index (κ3) is 3.98. The Morgan fingerprint density at radius 2 is 1.88 bits per heavy atom. The van der Waals surface area contributed by atoms with Crippen molar-refractivity contribution in [3.05, 3.63) is 0 Å². The smallest absolute Gasteiger partial charge is 0.199 e. The number of halogens is 1. The van der Waals surface area contributed by atoms with Crippen LogP contribution in [0, 0.1) is 5.92 Å². The van der Waals surface area contributed by atoms with Gasteiger partial charge in [-0.1, -0.05) is 29.8 Å². The summed E-state index contributed by atoms with van der Waals surface area (Å²) in [5, 5.41) is 0.818. The zero-order valence-electron chi connectivity index (χ0n) is 9.95. The van der Waals surface area contributed by atoms with Crippen LogP contribution in [0.3, 0.4) is 0 Å². The van der Waals surface area contributed by atoms with E-state index < -0.39 is 10.2 Å². The van der Waals surface area contributed by atoms with Crippen LogP contribution in [0.4, 0.5) is 0 Å². The molecule has 0 aromatic carbocycles. The minimum Gasteiger partial charge on any atom is -0.199 e. The van der Waals surface area contributed by atoms with E-state index in [0.717, 1.165) is 24.6 Å². The van der Waals surface area contributed by atoms with E-state index in [-0.39, 0.29) is 6.04 Å². The average molecular weight is 313 g/mol. The summed E-state index contributed by atoms with van der Waals surface area (Å²) in [5.74, 6) is 0.315. The Kier molecular flexibility index (Phi) is 5.70. The molecule has 1 fully saturated rings. The predicted octanol–water partition coefficient (Wildman–Crippen LogP) is 1.73. The molecule has 1 aliphatic heterocycles. The van der Waals surface area contributed by atoms with Crippen molar-refractivity contribution >= 4 is 26.1 Å². The van der Waals surface area contributed by atoms with Crippen molar-refractivity contribution in [3.8, 4) is 0 Å². The molecule has 0 amide bonds. The lowest BCUT2D eigenvalue weighted by molar-refractivity contribution is 0.407. The van der Waals surface area contributed by atoms with Crippen molar-refractivity contribution in [2.75, 3.05) is 18.4 Å².